The molecule has 1 amide bonds. The predicted octanol–water partition coefficient (Wildman–Crippen LogP) is 7.83. The molecule has 0 bridgehead atoms. The topological polar surface area (TPSA) is 101 Å². The predicted molar refractivity (Wildman–Crippen MR) is 171 cm³/mol. The van der Waals surface area contributed by atoms with Gasteiger partial charge < -0.3 is 24.4 Å². The van der Waals surface area contributed by atoms with E-state index < -0.39 is 7.60 Å². The average molecular weight is 640 g/mol. The van der Waals surface area contributed by atoms with Gasteiger partial charge in [0.1, 0.15) is 17.1 Å². The summed E-state index contributed by atoms with van der Waals surface area (Å²) in [5.74, 6) is 0.407. The van der Waals surface area contributed by atoms with E-state index in [0.29, 0.717) is 66.0 Å². The molecule has 0 aromatic heterocycles. The highest BCUT2D eigenvalue weighted by molar-refractivity contribution is 7.53. The molecule has 4 rings (SSSR count). The molecule has 42 heavy (non-hydrogen) atoms. The fourth-order valence-electron chi connectivity index (χ4n) is 5.50. The number of carbonyl (C=O) groups excluding carboxylic acids is 1. The first-order chi connectivity index (χ1) is 20.3. The van der Waals surface area contributed by atoms with E-state index in [4.69, 9.17) is 42.1 Å². The molecule has 2 aromatic carbocycles. The van der Waals surface area contributed by atoms with Crippen molar-refractivity contribution in [2.75, 3.05) is 43.4 Å². The van der Waals surface area contributed by atoms with E-state index >= 15 is 0 Å². The lowest BCUT2D eigenvalue weighted by Crippen LogP contribution is -2.39. The molecule has 1 saturated carbocycles. The summed E-state index contributed by atoms with van der Waals surface area (Å²) in [4.78, 5) is 13.4. The van der Waals surface area contributed by atoms with Crippen molar-refractivity contribution in [1.29, 1.82) is 0 Å². The highest BCUT2D eigenvalue weighted by Crippen LogP contribution is 2.48. The third-order valence-corrected chi connectivity index (χ3v) is 10.1. The van der Waals surface area contributed by atoms with Crippen LogP contribution in [0.25, 0.3) is 0 Å². The Morgan fingerprint density at radius 2 is 1.74 bits per heavy atom. The Balaban J connectivity index is 1.59. The summed E-state index contributed by atoms with van der Waals surface area (Å²) in [5, 5.41) is 14.4. The van der Waals surface area contributed by atoms with Gasteiger partial charge in [-0.1, -0.05) is 48.5 Å². The van der Waals surface area contributed by atoms with Crippen LogP contribution >= 0.6 is 30.8 Å². The second kappa shape index (κ2) is 15.4. The summed E-state index contributed by atoms with van der Waals surface area (Å²) in [6.45, 7) is 4.77. The summed E-state index contributed by atoms with van der Waals surface area (Å²) < 4.78 is 29.4. The van der Waals surface area contributed by atoms with E-state index in [0.717, 1.165) is 36.9 Å². The summed E-state index contributed by atoms with van der Waals surface area (Å²) in [6, 6.07) is 10.9. The van der Waals surface area contributed by atoms with Gasteiger partial charge in [0.25, 0.3) is 5.91 Å². The fourth-order valence-corrected chi connectivity index (χ4v) is 7.49. The Bertz CT molecular complexity index is 1290. The van der Waals surface area contributed by atoms with E-state index in [9.17, 15) is 9.36 Å². The maximum atomic E-state index is 13.4. The lowest BCUT2D eigenvalue weighted by Gasteiger charge is -2.27. The lowest BCUT2D eigenvalue weighted by molar-refractivity contribution is -0.115. The summed E-state index contributed by atoms with van der Waals surface area (Å²) >= 11 is 12.7. The van der Waals surface area contributed by atoms with Crippen LogP contribution < -0.4 is 20.4 Å². The fraction of sp³-hybridized carbons (Fsp3) is 0.533. The third-order valence-electron chi connectivity index (χ3n) is 7.45. The molecule has 2 aliphatic rings. The zero-order chi connectivity index (χ0) is 30.1. The van der Waals surface area contributed by atoms with Crippen LogP contribution in [0.3, 0.4) is 0 Å². The minimum atomic E-state index is -3.14. The summed E-state index contributed by atoms with van der Waals surface area (Å²) in [6.07, 6.45) is 6.68. The van der Waals surface area contributed by atoms with Crippen LogP contribution in [-0.2, 0) is 18.4 Å². The molecule has 2 N–H and O–H groups in total. The molecule has 12 heteroatoms. The second-order valence-corrected chi connectivity index (χ2v) is 13.5. The van der Waals surface area contributed by atoms with Gasteiger partial charge in [0.2, 0.25) is 0 Å². The van der Waals surface area contributed by atoms with Crippen molar-refractivity contribution in [2.24, 2.45) is 5.10 Å². The molecule has 230 valence electrons. The number of methoxy groups -OCH3 is 1. The molecule has 1 aliphatic carbocycles. The van der Waals surface area contributed by atoms with Crippen molar-refractivity contribution in [3.63, 3.8) is 0 Å². The number of hydrogen-bond donors (Lipinski definition) is 2. The molecule has 0 spiro atoms. The number of hydrogen-bond acceptors (Lipinski definition) is 8. The van der Waals surface area contributed by atoms with Gasteiger partial charge in [0.15, 0.2) is 0 Å². The van der Waals surface area contributed by atoms with Crippen LogP contribution in [0.2, 0.25) is 10.0 Å². The number of carbonyl (C=O) groups is 1. The first-order valence-electron chi connectivity index (χ1n) is 14.7. The zero-order valence-electron chi connectivity index (χ0n) is 24.5. The van der Waals surface area contributed by atoms with Crippen LogP contribution in [0, 0.1) is 0 Å². The summed E-state index contributed by atoms with van der Waals surface area (Å²) in [7, 11) is -1.56. The van der Waals surface area contributed by atoms with E-state index in [-0.39, 0.29) is 18.0 Å². The molecule has 1 heterocycles. The summed E-state index contributed by atoms with van der Waals surface area (Å²) in [5.41, 5.74) is 2.87. The van der Waals surface area contributed by atoms with Gasteiger partial charge in [-0.25, -0.2) is 0 Å². The van der Waals surface area contributed by atoms with Crippen LogP contribution in [0.5, 0.6) is 5.75 Å². The van der Waals surface area contributed by atoms with Gasteiger partial charge in [-0.3, -0.25) is 14.4 Å². The molecule has 1 unspecified atom stereocenters. The number of halogens is 2. The van der Waals surface area contributed by atoms with Gasteiger partial charge in [0, 0.05) is 46.4 Å². The van der Waals surface area contributed by atoms with E-state index in [1.54, 1.807) is 33.1 Å². The zero-order valence-corrected chi connectivity index (χ0v) is 26.9. The Labute approximate surface area is 258 Å². The van der Waals surface area contributed by atoms with Gasteiger partial charge in [-0.2, -0.15) is 5.10 Å². The highest BCUT2D eigenvalue weighted by Gasteiger charge is 2.36. The molecule has 1 fully saturated rings. The van der Waals surface area contributed by atoms with Crippen LogP contribution in [0.4, 0.5) is 11.4 Å². The standard InChI is InChI=1S/C30H41Cl2N4O5P/c1-4-40-42(38,41-5-2)17-9-16-33-25-18-21(31)12-14-24(25)28-20-26(30(37)34-23-10-7-6-8-11-23)35-36(28)27-15-13-22(32)19-29(27)39-3/h12-15,18-19,23,28,33H,4-11,16-17,20H2,1-3H3,(H,34,37). The monoisotopic (exact) mass is 638 g/mol. The van der Waals surface area contributed by atoms with E-state index in [2.05, 4.69) is 10.6 Å². The van der Waals surface area contributed by atoms with Crippen LogP contribution in [0.15, 0.2) is 41.5 Å². The number of anilines is 2. The van der Waals surface area contributed by atoms with Crippen molar-refractivity contribution in [2.45, 2.75) is 70.9 Å². The first-order valence-corrected chi connectivity index (χ1v) is 17.2. The van der Waals surface area contributed by atoms with Gasteiger partial charge in [-0.05, 0) is 57.4 Å². The number of hydrazone groups is 1. The average Bonchev–Trinajstić information content (AvgIpc) is 3.41. The SMILES string of the molecule is CCOP(=O)(CCCNc1cc(Cl)ccc1C1CC(C(=O)NC2CCCCC2)=NN1c1ccc(Cl)cc1OC)OCC. The molecule has 2 aromatic rings. The third kappa shape index (κ3) is 8.42. The van der Waals surface area contributed by atoms with Crippen molar-refractivity contribution in [3.8, 4) is 5.75 Å². The largest absolute Gasteiger partial charge is 0.494 e. The Hall–Kier alpha value is -2.29. The highest BCUT2D eigenvalue weighted by atomic mass is 35.5. The Morgan fingerprint density at radius 3 is 2.43 bits per heavy atom. The minimum Gasteiger partial charge on any atom is -0.494 e. The van der Waals surface area contributed by atoms with Gasteiger partial charge in [0.05, 0.1) is 32.5 Å². The molecule has 0 saturated heterocycles. The second-order valence-electron chi connectivity index (χ2n) is 10.4. The van der Waals surface area contributed by atoms with Gasteiger partial charge in [-0.15, -0.1) is 0 Å². The smallest absolute Gasteiger partial charge is 0.330 e. The molecule has 1 atom stereocenters. The van der Waals surface area contributed by atoms with Gasteiger partial charge >= 0.3 is 7.60 Å². The number of amides is 1. The number of nitrogens with one attached hydrogen (secondary N) is 2. The quantitative estimate of drug-likeness (QED) is 0.161. The molecule has 1 aliphatic heterocycles. The van der Waals surface area contributed by atoms with Crippen molar-refractivity contribution in [3.05, 3.63) is 52.0 Å². The Morgan fingerprint density at radius 1 is 1.05 bits per heavy atom. The van der Waals surface area contributed by atoms with E-state index in [1.807, 2.05) is 29.3 Å². The van der Waals surface area contributed by atoms with Crippen molar-refractivity contribution >= 4 is 53.8 Å². The maximum absolute atomic E-state index is 13.4. The van der Waals surface area contributed by atoms with Crippen LogP contribution in [0.1, 0.15) is 70.4 Å². The molecule has 9 nitrogen and oxygen atoms in total. The molecular formula is C30H41Cl2N4O5P. The lowest BCUT2D eigenvalue weighted by atomic mass is 9.95. The number of rotatable bonds is 14. The normalized spacial score (nSPS) is 17.7. The maximum Gasteiger partial charge on any atom is 0.330 e. The minimum absolute atomic E-state index is 0.145. The Kier molecular flexibility index (Phi) is 12.0. The number of benzene rings is 2. The first kappa shape index (κ1) is 32.6. The molecular weight excluding hydrogens is 598 g/mol. The number of nitrogens with zero attached hydrogens (tertiary/aromatic N) is 2. The van der Waals surface area contributed by atoms with Crippen molar-refractivity contribution < 1.29 is 23.1 Å². The molecule has 0 radical (unpaired) electrons. The van der Waals surface area contributed by atoms with E-state index in [1.165, 1.54) is 6.42 Å². The van der Waals surface area contributed by atoms with Crippen molar-refractivity contribution in [1.82, 2.24) is 5.32 Å². The van der Waals surface area contributed by atoms with Crippen LogP contribution in [-0.4, -0.2) is 50.7 Å². The number of ether oxygens (including phenoxy) is 1.